The SMILES string of the molecule is CCn1nc(C)c2c(C(F)F)cc(-c3ccc(Br)cc3)nc21. The lowest BCUT2D eigenvalue weighted by atomic mass is 10.1. The van der Waals surface area contributed by atoms with E-state index in [1.54, 1.807) is 11.6 Å². The predicted octanol–water partition coefficient (Wildman–Crippen LogP) is 5.13. The summed E-state index contributed by atoms with van der Waals surface area (Å²) in [5.74, 6) is 0. The topological polar surface area (TPSA) is 30.7 Å². The van der Waals surface area contributed by atoms with E-state index < -0.39 is 6.43 Å². The molecular formula is C16H14BrF2N3. The van der Waals surface area contributed by atoms with Crippen molar-refractivity contribution in [1.29, 1.82) is 0 Å². The van der Waals surface area contributed by atoms with Gasteiger partial charge in [0.1, 0.15) is 0 Å². The van der Waals surface area contributed by atoms with Crippen LogP contribution >= 0.6 is 15.9 Å². The maximum absolute atomic E-state index is 13.5. The predicted molar refractivity (Wildman–Crippen MR) is 86.0 cm³/mol. The molecule has 2 heterocycles. The molecule has 6 heteroatoms. The summed E-state index contributed by atoms with van der Waals surface area (Å²) in [6.45, 7) is 4.24. The van der Waals surface area contributed by atoms with Gasteiger partial charge in [0.25, 0.3) is 6.43 Å². The van der Waals surface area contributed by atoms with Crippen molar-refractivity contribution in [3.63, 3.8) is 0 Å². The third kappa shape index (κ3) is 2.52. The second-order valence-corrected chi connectivity index (χ2v) is 5.92. The molecule has 0 spiro atoms. The molecule has 0 aliphatic rings. The first kappa shape index (κ1) is 15.1. The van der Waals surface area contributed by atoms with E-state index in [1.807, 2.05) is 31.2 Å². The molecule has 2 aromatic heterocycles. The van der Waals surface area contributed by atoms with Gasteiger partial charge in [-0.1, -0.05) is 28.1 Å². The lowest BCUT2D eigenvalue weighted by Gasteiger charge is -2.08. The van der Waals surface area contributed by atoms with Gasteiger partial charge in [-0.3, -0.25) is 0 Å². The minimum absolute atomic E-state index is 0.0138. The summed E-state index contributed by atoms with van der Waals surface area (Å²) < 4.78 is 29.6. The highest BCUT2D eigenvalue weighted by Crippen LogP contribution is 2.33. The average molecular weight is 366 g/mol. The lowest BCUT2D eigenvalue weighted by Crippen LogP contribution is -1.99. The van der Waals surface area contributed by atoms with Crippen LogP contribution in [-0.2, 0) is 6.54 Å². The van der Waals surface area contributed by atoms with E-state index in [0.29, 0.717) is 29.0 Å². The molecule has 0 N–H and O–H groups in total. The van der Waals surface area contributed by atoms with Crippen molar-refractivity contribution in [2.24, 2.45) is 0 Å². The Morgan fingerprint density at radius 1 is 1.23 bits per heavy atom. The Hall–Kier alpha value is -1.82. The second kappa shape index (κ2) is 5.76. The van der Waals surface area contributed by atoms with Gasteiger partial charge in [-0.25, -0.2) is 18.4 Å². The van der Waals surface area contributed by atoms with E-state index in [9.17, 15) is 8.78 Å². The zero-order valence-electron chi connectivity index (χ0n) is 12.1. The van der Waals surface area contributed by atoms with E-state index in [4.69, 9.17) is 0 Å². The van der Waals surface area contributed by atoms with Gasteiger partial charge in [0.2, 0.25) is 0 Å². The number of benzene rings is 1. The van der Waals surface area contributed by atoms with Crippen LogP contribution in [0.5, 0.6) is 0 Å². The second-order valence-electron chi connectivity index (χ2n) is 5.00. The highest BCUT2D eigenvalue weighted by molar-refractivity contribution is 9.10. The fourth-order valence-electron chi connectivity index (χ4n) is 2.55. The summed E-state index contributed by atoms with van der Waals surface area (Å²) >= 11 is 3.37. The number of nitrogens with zero attached hydrogens (tertiary/aromatic N) is 3. The number of halogens is 3. The molecule has 3 aromatic rings. The summed E-state index contributed by atoms with van der Waals surface area (Å²) in [4.78, 5) is 4.56. The number of alkyl halides is 2. The molecule has 0 amide bonds. The van der Waals surface area contributed by atoms with Crippen LogP contribution in [0, 0.1) is 6.92 Å². The summed E-state index contributed by atoms with van der Waals surface area (Å²) in [6, 6.07) is 8.90. The van der Waals surface area contributed by atoms with Gasteiger partial charge in [0.05, 0.1) is 16.8 Å². The molecule has 114 valence electrons. The largest absolute Gasteiger partial charge is 0.264 e. The van der Waals surface area contributed by atoms with E-state index >= 15 is 0 Å². The first-order chi connectivity index (χ1) is 10.5. The summed E-state index contributed by atoms with van der Waals surface area (Å²) in [5.41, 5.74) is 2.41. The Labute approximate surface area is 135 Å². The van der Waals surface area contributed by atoms with Gasteiger partial charge < -0.3 is 0 Å². The van der Waals surface area contributed by atoms with Crippen molar-refractivity contribution in [1.82, 2.24) is 14.8 Å². The van der Waals surface area contributed by atoms with Crippen LogP contribution in [0.2, 0.25) is 0 Å². The van der Waals surface area contributed by atoms with Crippen molar-refractivity contribution in [3.05, 3.63) is 46.1 Å². The molecular weight excluding hydrogens is 352 g/mol. The van der Waals surface area contributed by atoms with Crippen LogP contribution in [0.25, 0.3) is 22.3 Å². The average Bonchev–Trinajstić information content (AvgIpc) is 2.83. The fourth-order valence-corrected chi connectivity index (χ4v) is 2.81. The molecule has 3 rings (SSSR count). The smallest absolute Gasteiger partial charge is 0.247 e. The molecule has 0 bridgehead atoms. The zero-order valence-corrected chi connectivity index (χ0v) is 13.7. The maximum Gasteiger partial charge on any atom is 0.264 e. The van der Waals surface area contributed by atoms with E-state index in [1.165, 1.54) is 6.07 Å². The Balaban J connectivity index is 2.30. The maximum atomic E-state index is 13.5. The number of aromatic nitrogens is 3. The number of pyridine rings is 1. The third-order valence-electron chi connectivity index (χ3n) is 3.58. The number of rotatable bonds is 3. The lowest BCUT2D eigenvalue weighted by molar-refractivity contribution is 0.153. The van der Waals surface area contributed by atoms with Crippen LogP contribution in [0.1, 0.15) is 24.6 Å². The van der Waals surface area contributed by atoms with Crippen LogP contribution in [0.4, 0.5) is 8.78 Å². The Bertz CT molecular complexity index is 826. The minimum Gasteiger partial charge on any atom is -0.247 e. The molecule has 0 fully saturated rings. The van der Waals surface area contributed by atoms with E-state index in [-0.39, 0.29) is 5.56 Å². The summed E-state index contributed by atoms with van der Waals surface area (Å²) in [7, 11) is 0. The molecule has 22 heavy (non-hydrogen) atoms. The molecule has 0 radical (unpaired) electrons. The van der Waals surface area contributed by atoms with Gasteiger partial charge >= 0.3 is 0 Å². The van der Waals surface area contributed by atoms with Crippen molar-refractivity contribution < 1.29 is 8.78 Å². The highest BCUT2D eigenvalue weighted by atomic mass is 79.9. The molecule has 0 saturated heterocycles. The van der Waals surface area contributed by atoms with Gasteiger partial charge in [-0.15, -0.1) is 0 Å². The van der Waals surface area contributed by atoms with Crippen LogP contribution in [0.3, 0.4) is 0 Å². The van der Waals surface area contributed by atoms with Crippen LogP contribution < -0.4 is 0 Å². The Morgan fingerprint density at radius 2 is 1.91 bits per heavy atom. The van der Waals surface area contributed by atoms with Crippen molar-refractivity contribution in [2.75, 3.05) is 0 Å². The number of hydrogen-bond donors (Lipinski definition) is 0. The van der Waals surface area contributed by atoms with Gasteiger partial charge in [0.15, 0.2) is 5.65 Å². The molecule has 0 atom stereocenters. The molecule has 0 saturated carbocycles. The van der Waals surface area contributed by atoms with Crippen LogP contribution in [0.15, 0.2) is 34.8 Å². The molecule has 0 unspecified atom stereocenters. The molecule has 0 aliphatic heterocycles. The standard InChI is InChI=1S/C16H14BrF2N3/c1-3-22-16-14(9(2)21-22)12(15(18)19)8-13(20-16)10-4-6-11(17)7-5-10/h4-8,15H,3H2,1-2H3. The van der Waals surface area contributed by atoms with Gasteiger partial charge in [-0.2, -0.15) is 5.10 Å². The Kier molecular flexibility index (Phi) is 3.95. The first-order valence-corrected chi connectivity index (χ1v) is 7.72. The Morgan fingerprint density at radius 3 is 2.50 bits per heavy atom. The highest BCUT2D eigenvalue weighted by Gasteiger charge is 2.20. The van der Waals surface area contributed by atoms with Crippen molar-refractivity contribution >= 4 is 27.0 Å². The fraction of sp³-hybridized carbons (Fsp3) is 0.250. The third-order valence-corrected chi connectivity index (χ3v) is 4.11. The molecule has 1 aromatic carbocycles. The molecule has 3 nitrogen and oxygen atoms in total. The van der Waals surface area contributed by atoms with Gasteiger partial charge in [-0.05, 0) is 32.0 Å². The van der Waals surface area contributed by atoms with E-state index in [0.717, 1.165) is 10.0 Å². The van der Waals surface area contributed by atoms with E-state index in [2.05, 4.69) is 26.0 Å². The summed E-state index contributed by atoms with van der Waals surface area (Å²) in [6.07, 6.45) is -2.56. The monoisotopic (exact) mass is 365 g/mol. The number of aryl methyl sites for hydroxylation is 2. The van der Waals surface area contributed by atoms with Crippen molar-refractivity contribution in [2.45, 2.75) is 26.8 Å². The van der Waals surface area contributed by atoms with Crippen molar-refractivity contribution in [3.8, 4) is 11.3 Å². The van der Waals surface area contributed by atoms with Crippen LogP contribution in [-0.4, -0.2) is 14.8 Å². The normalized spacial score (nSPS) is 11.5. The van der Waals surface area contributed by atoms with Gasteiger partial charge in [0, 0.05) is 22.1 Å². The molecule has 0 aliphatic carbocycles. The minimum atomic E-state index is -2.56. The zero-order chi connectivity index (χ0) is 15.9. The number of hydrogen-bond acceptors (Lipinski definition) is 2. The summed E-state index contributed by atoms with van der Waals surface area (Å²) in [5, 5.41) is 4.77. The number of fused-ring (bicyclic) bond motifs is 1. The first-order valence-electron chi connectivity index (χ1n) is 6.93. The quantitative estimate of drug-likeness (QED) is 0.644.